The van der Waals surface area contributed by atoms with Gasteiger partial charge in [-0.05, 0) is 18.4 Å². The maximum atomic E-state index is 12.4. The molecule has 0 aliphatic rings. The van der Waals surface area contributed by atoms with E-state index in [1.807, 2.05) is 30.3 Å². The number of aryl methyl sites for hydroxylation is 1. The number of ketones is 1. The predicted molar refractivity (Wildman–Crippen MR) is 70.8 cm³/mol. The van der Waals surface area contributed by atoms with Crippen molar-refractivity contribution < 1.29 is 18.0 Å². The molecular weight excluding hydrogens is 287 g/mol. The molecule has 2 rings (SSSR count). The number of carbonyl (C=O) groups excluding carboxylic acids is 1. The topological polar surface area (TPSA) is 30.0 Å². The lowest BCUT2D eigenvalue weighted by molar-refractivity contribution is -0.137. The van der Waals surface area contributed by atoms with Crippen molar-refractivity contribution >= 4 is 17.1 Å². The lowest BCUT2D eigenvalue weighted by atomic mass is 10.1. The normalized spacial score (nSPS) is 11.6. The Kier molecular flexibility index (Phi) is 4.54. The van der Waals surface area contributed by atoms with Crippen molar-refractivity contribution in [1.82, 2.24) is 4.98 Å². The van der Waals surface area contributed by atoms with E-state index in [2.05, 4.69) is 4.98 Å². The molecule has 2 aromatic rings. The molecule has 6 heteroatoms. The molecular formula is C14H12F3NOS. The Bertz CT molecular complexity index is 578. The van der Waals surface area contributed by atoms with Crippen LogP contribution < -0.4 is 0 Å². The van der Waals surface area contributed by atoms with E-state index in [0.717, 1.165) is 18.2 Å². The molecule has 1 aromatic carbocycles. The minimum atomic E-state index is -4.48. The van der Waals surface area contributed by atoms with E-state index >= 15 is 0 Å². The molecule has 0 N–H and O–H groups in total. The molecule has 0 aliphatic carbocycles. The first-order chi connectivity index (χ1) is 9.47. The summed E-state index contributed by atoms with van der Waals surface area (Å²) in [6.07, 6.45) is -1.89. The number of Topliss-reactive ketones (excluding diaryl/α,β-unsaturated/α-hetero) is 1. The van der Waals surface area contributed by atoms with E-state index in [1.54, 1.807) is 0 Å². The van der Waals surface area contributed by atoms with Gasteiger partial charge in [-0.25, -0.2) is 4.98 Å². The van der Waals surface area contributed by atoms with Crippen LogP contribution in [0.2, 0.25) is 0 Å². The first-order valence-corrected chi connectivity index (χ1v) is 6.88. The van der Waals surface area contributed by atoms with Crippen LogP contribution in [-0.4, -0.2) is 10.8 Å². The highest BCUT2D eigenvalue weighted by molar-refractivity contribution is 7.13. The van der Waals surface area contributed by atoms with Crippen molar-refractivity contribution in [2.24, 2.45) is 0 Å². The largest absolute Gasteiger partial charge is 0.443 e. The molecule has 0 amide bonds. The van der Waals surface area contributed by atoms with Crippen molar-refractivity contribution in [1.29, 1.82) is 0 Å². The lowest BCUT2D eigenvalue weighted by Gasteiger charge is -2.00. The maximum absolute atomic E-state index is 12.4. The number of alkyl halides is 3. The second-order valence-electron chi connectivity index (χ2n) is 4.29. The third kappa shape index (κ3) is 3.90. The number of hydrogen-bond donors (Lipinski definition) is 0. The fourth-order valence-corrected chi connectivity index (χ4v) is 2.51. The Hall–Kier alpha value is -1.69. The molecule has 2 nitrogen and oxygen atoms in total. The van der Waals surface area contributed by atoms with Crippen molar-refractivity contribution in [3.8, 4) is 0 Å². The highest BCUT2D eigenvalue weighted by atomic mass is 32.1. The average molecular weight is 299 g/mol. The van der Waals surface area contributed by atoms with Gasteiger partial charge in [-0.1, -0.05) is 30.3 Å². The predicted octanol–water partition coefficient (Wildman–Crippen LogP) is 4.37. The van der Waals surface area contributed by atoms with E-state index in [9.17, 15) is 18.0 Å². The van der Waals surface area contributed by atoms with Gasteiger partial charge in [0, 0.05) is 12.6 Å². The molecule has 0 unspecified atom stereocenters. The number of aromatic nitrogens is 1. The molecule has 0 aliphatic heterocycles. The summed E-state index contributed by atoms with van der Waals surface area (Å²) in [6, 6.07) is 9.65. The van der Waals surface area contributed by atoms with Gasteiger partial charge in [-0.15, -0.1) is 11.3 Å². The average Bonchev–Trinajstić information content (AvgIpc) is 2.89. The van der Waals surface area contributed by atoms with Crippen molar-refractivity contribution in [3.63, 3.8) is 0 Å². The van der Waals surface area contributed by atoms with Crippen LogP contribution in [0.25, 0.3) is 0 Å². The van der Waals surface area contributed by atoms with Gasteiger partial charge in [0.2, 0.25) is 0 Å². The summed E-state index contributed by atoms with van der Waals surface area (Å²) >= 11 is 0.409. The second-order valence-corrected chi connectivity index (χ2v) is 5.32. The van der Waals surface area contributed by atoms with Crippen LogP contribution in [0.4, 0.5) is 13.2 Å². The van der Waals surface area contributed by atoms with Gasteiger partial charge < -0.3 is 0 Å². The number of carbonyl (C=O) groups is 1. The number of rotatable bonds is 5. The van der Waals surface area contributed by atoms with Crippen LogP contribution in [0.3, 0.4) is 0 Å². The van der Waals surface area contributed by atoms with Crippen LogP contribution in [-0.2, 0) is 12.6 Å². The zero-order valence-electron chi connectivity index (χ0n) is 10.5. The number of thiazole rings is 1. The van der Waals surface area contributed by atoms with Gasteiger partial charge in [0.05, 0.1) is 4.88 Å². The first kappa shape index (κ1) is 14.7. The zero-order chi connectivity index (χ0) is 14.6. The molecule has 0 atom stereocenters. The van der Waals surface area contributed by atoms with Crippen LogP contribution in [0.15, 0.2) is 36.5 Å². The van der Waals surface area contributed by atoms with E-state index in [0.29, 0.717) is 17.8 Å². The summed E-state index contributed by atoms with van der Waals surface area (Å²) in [7, 11) is 0. The maximum Gasteiger partial charge on any atom is 0.443 e. The standard InChI is InChI=1S/C14H12F3NOS/c15-14(16,17)13-18-9-12(20-13)11(19)8-4-7-10-5-2-1-3-6-10/h1-3,5-6,9H,4,7-8H2. The molecule has 0 bridgehead atoms. The van der Waals surface area contributed by atoms with Gasteiger partial charge in [0.1, 0.15) is 0 Å². The van der Waals surface area contributed by atoms with Crippen molar-refractivity contribution in [2.75, 3.05) is 0 Å². The fraction of sp³-hybridized carbons (Fsp3) is 0.286. The van der Waals surface area contributed by atoms with Gasteiger partial charge >= 0.3 is 6.18 Å². The molecule has 20 heavy (non-hydrogen) atoms. The number of nitrogens with zero attached hydrogens (tertiary/aromatic N) is 1. The minimum absolute atomic E-state index is 0.0744. The Balaban J connectivity index is 1.88. The van der Waals surface area contributed by atoms with Crippen LogP contribution in [0.1, 0.15) is 33.1 Å². The molecule has 1 aromatic heterocycles. The molecule has 1 heterocycles. The van der Waals surface area contributed by atoms with E-state index in [4.69, 9.17) is 0 Å². The Morgan fingerprint density at radius 1 is 1.20 bits per heavy atom. The molecule has 0 saturated carbocycles. The summed E-state index contributed by atoms with van der Waals surface area (Å²) in [6.45, 7) is 0. The summed E-state index contributed by atoms with van der Waals surface area (Å²) in [5.41, 5.74) is 1.11. The second kappa shape index (κ2) is 6.17. The van der Waals surface area contributed by atoms with E-state index < -0.39 is 11.2 Å². The Morgan fingerprint density at radius 3 is 2.50 bits per heavy atom. The summed E-state index contributed by atoms with van der Waals surface area (Å²) in [5, 5.41) is -0.969. The SMILES string of the molecule is O=C(CCCc1ccccc1)c1cnc(C(F)(F)F)s1. The van der Waals surface area contributed by atoms with Crippen LogP contribution >= 0.6 is 11.3 Å². The summed E-state index contributed by atoms with van der Waals surface area (Å²) in [4.78, 5) is 15.1. The Morgan fingerprint density at radius 2 is 1.90 bits per heavy atom. The molecule has 0 radical (unpaired) electrons. The molecule has 106 valence electrons. The fourth-order valence-electron chi connectivity index (χ4n) is 1.76. The monoisotopic (exact) mass is 299 g/mol. The summed E-state index contributed by atoms with van der Waals surface area (Å²) < 4.78 is 37.1. The Labute approximate surface area is 118 Å². The third-order valence-electron chi connectivity index (χ3n) is 2.74. The molecule has 0 saturated heterocycles. The lowest BCUT2D eigenvalue weighted by Crippen LogP contribution is -2.03. The van der Waals surface area contributed by atoms with Crippen molar-refractivity contribution in [2.45, 2.75) is 25.4 Å². The highest BCUT2D eigenvalue weighted by Crippen LogP contribution is 2.32. The van der Waals surface area contributed by atoms with Crippen LogP contribution in [0.5, 0.6) is 0 Å². The summed E-state index contributed by atoms with van der Waals surface area (Å²) in [5.74, 6) is -0.283. The van der Waals surface area contributed by atoms with Gasteiger partial charge in [0.25, 0.3) is 0 Å². The van der Waals surface area contributed by atoms with E-state index in [-0.39, 0.29) is 17.1 Å². The number of halogens is 3. The molecule has 0 spiro atoms. The first-order valence-electron chi connectivity index (χ1n) is 6.07. The van der Waals surface area contributed by atoms with Gasteiger partial charge in [0.15, 0.2) is 10.8 Å². The zero-order valence-corrected chi connectivity index (χ0v) is 11.3. The highest BCUT2D eigenvalue weighted by Gasteiger charge is 2.35. The van der Waals surface area contributed by atoms with Gasteiger partial charge in [-0.2, -0.15) is 13.2 Å². The smallest absolute Gasteiger partial charge is 0.293 e. The minimum Gasteiger partial charge on any atom is -0.293 e. The molecule has 0 fully saturated rings. The quantitative estimate of drug-likeness (QED) is 0.767. The van der Waals surface area contributed by atoms with Gasteiger partial charge in [-0.3, -0.25) is 4.79 Å². The van der Waals surface area contributed by atoms with Crippen LogP contribution in [0, 0.1) is 0 Å². The number of benzene rings is 1. The number of hydrogen-bond acceptors (Lipinski definition) is 3. The van der Waals surface area contributed by atoms with Crippen molar-refractivity contribution in [3.05, 3.63) is 52.0 Å². The third-order valence-corrected chi connectivity index (χ3v) is 3.82. The van der Waals surface area contributed by atoms with E-state index in [1.165, 1.54) is 0 Å².